The van der Waals surface area contributed by atoms with Gasteiger partial charge in [-0.3, -0.25) is 4.79 Å². The highest BCUT2D eigenvalue weighted by molar-refractivity contribution is 5.76. The van der Waals surface area contributed by atoms with E-state index in [1.165, 1.54) is 0 Å². The van der Waals surface area contributed by atoms with Gasteiger partial charge in [0.15, 0.2) is 0 Å². The van der Waals surface area contributed by atoms with E-state index in [4.69, 9.17) is 9.84 Å². The van der Waals surface area contributed by atoms with Crippen LogP contribution in [0, 0.1) is 0 Å². The number of carbonyl (C=O) groups excluding carboxylic acids is 1. The van der Waals surface area contributed by atoms with Crippen LogP contribution in [0.1, 0.15) is 25.3 Å². The van der Waals surface area contributed by atoms with Crippen LogP contribution in [0.4, 0.5) is 0 Å². The van der Waals surface area contributed by atoms with E-state index in [1.54, 1.807) is 7.11 Å². The van der Waals surface area contributed by atoms with Crippen LogP contribution in [-0.4, -0.2) is 30.8 Å². The van der Waals surface area contributed by atoms with Crippen LogP contribution in [0.5, 0.6) is 5.75 Å². The molecule has 1 unspecified atom stereocenters. The van der Waals surface area contributed by atoms with E-state index in [2.05, 4.69) is 5.32 Å². The second-order valence-corrected chi connectivity index (χ2v) is 4.21. The lowest BCUT2D eigenvalue weighted by Gasteiger charge is -2.13. The Kier molecular flexibility index (Phi) is 6.22. The highest BCUT2D eigenvalue weighted by atomic mass is 16.5. The molecule has 0 spiro atoms. The summed E-state index contributed by atoms with van der Waals surface area (Å²) in [6.07, 6.45) is 1.83. The van der Waals surface area contributed by atoms with Crippen molar-refractivity contribution in [3.05, 3.63) is 29.8 Å². The summed E-state index contributed by atoms with van der Waals surface area (Å²) < 4.78 is 5.13. The van der Waals surface area contributed by atoms with Gasteiger partial charge in [0.25, 0.3) is 0 Å². The number of methoxy groups -OCH3 is 1. The molecule has 0 saturated carbocycles. The van der Waals surface area contributed by atoms with Crippen LogP contribution < -0.4 is 10.1 Å². The second-order valence-electron chi connectivity index (χ2n) is 4.21. The zero-order valence-electron chi connectivity index (χ0n) is 11.0. The second kappa shape index (κ2) is 7.71. The maximum absolute atomic E-state index is 11.6. The number of aryl methyl sites for hydroxylation is 1. The summed E-state index contributed by atoms with van der Waals surface area (Å²) in [5.41, 5.74) is 1.07. The molecular formula is C14H21NO3. The highest BCUT2D eigenvalue weighted by Gasteiger charge is 2.09. The molecule has 0 aromatic heterocycles. The Morgan fingerprint density at radius 3 is 2.89 bits per heavy atom. The predicted molar refractivity (Wildman–Crippen MR) is 70.6 cm³/mol. The third-order valence-electron chi connectivity index (χ3n) is 2.85. The summed E-state index contributed by atoms with van der Waals surface area (Å²) in [5.74, 6) is 0.772. The minimum Gasteiger partial charge on any atom is -0.497 e. The molecular weight excluding hydrogens is 230 g/mol. The fourth-order valence-corrected chi connectivity index (χ4v) is 1.66. The molecule has 0 aliphatic rings. The van der Waals surface area contributed by atoms with Crippen LogP contribution in [0.3, 0.4) is 0 Å². The SMILES string of the molecule is CCC(CO)NC(=O)CCc1cccc(OC)c1. The van der Waals surface area contributed by atoms with Crippen molar-refractivity contribution in [2.75, 3.05) is 13.7 Å². The zero-order chi connectivity index (χ0) is 13.4. The lowest BCUT2D eigenvalue weighted by Crippen LogP contribution is -2.37. The average molecular weight is 251 g/mol. The van der Waals surface area contributed by atoms with Gasteiger partial charge in [0.05, 0.1) is 19.8 Å². The van der Waals surface area contributed by atoms with Crippen LogP contribution in [0.2, 0.25) is 0 Å². The molecule has 0 fully saturated rings. The van der Waals surface area contributed by atoms with E-state index in [9.17, 15) is 4.79 Å². The maximum Gasteiger partial charge on any atom is 0.220 e. The molecule has 4 nitrogen and oxygen atoms in total. The van der Waals surface area contributed by atoms with Crippen molar-refractivity contribution >= 4 is 5.91 Å². The van der Waals surface area contributed by atoms with E-state index in [1.807, 2.05) is 31.2 Å². The van der Waals surface area contributed by atoms with Crippen molar-refractivity contribution in [2.45, 2.75) is 32.2 Å². The van der Waals surface area contributed by atoms with Gasteiger partial charge in [-0.1, -0.05) is 19.1 Å². The maximum atomic E-state index is 11.6. The van der Waals surface area contributed by atoms with Gasteiger partial charge < -0.3 is 15.2 Å². The fraction of sp³-hybridized carbons (Fsp3) is 0.500. The van der Waals surface area contributed by atoms with Crippen LogP contribution in [-0.2, 0) is 11.2 Å². The predicted octanol–water partition coefficient (Wildman–Crippen LogP) is 1.51. The van der Waals surface area contributed by atoms with Gasteiger partial charge in [-0.05, 0) is 30.5 Å². The number of aliphatic hydroxyl groups excluding tert-OH is 1. The minimum absolute atomic E-state index is 0.0125. The van der Waals surface area contributed by atoms with E-state index in [0.717, 1.165) is 17.7 Å². The van der Waals surface area contributed by atoms with Crippen molar-refractivity contribution in [2.24, 2.45) is 0 Å². The number of nitrogens with one attached hydrogen (secondary N) is 1. The molecule has 0 aliphatic heterocycles. The quantitative estimate of drug-likeness (QED) is 0.772. The summed E-state index contributed by atoms with van der Waals surface area (Å²) in [5, 5.41) is 11.8. The Bertz CT molecular complexity index is 375. The Labute approximate surface area is 108 Å². The molecule has 0 saturated heterocycles. The van der Waals surface area contributed by atoms with E-state index in [-0.39, 0.29) is 18.6 Å². The van der Waals surface area contributed by atoms with Crippen molar-refractivity contribution in [3.63, 3.8) is 0 Å². The molecule has 0 radical (unpaired) electrons. The minimum atomic E-state index is -0.136. The van der Waals surface area contributed by atoms with E-state index in [0.29, 0.717) is 12.8 Å². The van der Waals surface area contributed by atoms with Gasteiger partial charge in [0.2, 0.25) is 5.91 Å². The van der Waals surface area contributed by atoms with Crippen LogP contribution in [0.25, 0.3) is 0 Å². The number of hydrogen-bond acceptors (Lipinski definition) is 3. The number of hydrogen-bond donors (Lipinski definition) is 2. The normalized spacial score (nSPS) is 11.9. The van der Waals surface area contributed by atoms with E-state index < -0.39 is 0 Å². The third kappa shape index (κ3) is 4.75. The molecule has 1 amide bonds. The largest absolute Gasteiger partial charge is 0.497 e. The lowest BCUT2D eigenvalue weighted by molar-refractivity contribution is -0.122. The molecule has 1 aromatic rings. The lowest BCUT2D eigenvalue weighted by atomic mass is 10.1. The number of aliphatic hydroxyl groups is 1. The van der Waals surface area contributed by atoms with Crippen molar-refractivity contribution < 1.29 is 14.6 Å². The Balaban J connectivity index is 2.42. The third-order valence-corrected chi connectivity index (χ3v) is 2.85. The number of carbonyl (C=O) groups is 1. The Morgan fingerprint density at radius 2 is 2.28 bits per heavy atom. The molecule has 1 rings (SSSR count). The summed E-state index contributed by atoms with van der Waals surface area (Å²) in [6, 6.07) is 7.55. The van der Waals surface area contributed by atoms with Crippen molar-refractivity contribution in [3.8, 4) is 5.75 Å². The topological polar surface area (TPSA) is 58.6 Å². The van der Waals surface area contributed by atoms with Crippen molar-refractivity contribution in [1.82, 2.24) is 5.32 Å². The van der Waals surface area contributed by atoms with Crippen LogP contribution >= 0.6 is 0 Å². The Morgan fingerprint density at radius 1 is 1.50 bits per heavy atom. The monoisotopic (exact) mass is 251 g/mol. The number of amides is 1. The molecule has 18 heavy (non-hydrogen) atoms. The first kappa shape index (κ1) is 14.5. The van der Waals surface area contributed by atoms with Gasteiger partial charge in [0.1, 0.15) is 5.75 Å². The summed E-state index contributed by atoms with van der Waals surface area (Å²) in [6.45, 7) is 1.92. The van der Waals surface area contributed by atoms with Crippen LogP contribution in [0.15, 0.2) is 24.3 Å². The molecule has 1 atom stereocenters. The van der Waals surface area contributed by atoms with Crippen molar-refractivity contribution in [1.29, 1.82) is 0 Å². The number of rotatable bonds is 7. The smallest absolute Gasteiger partial charge is 0.220 e. The Hall–Kier alpha value is -1.55. The van der Waals surface area contributed by atoms with Gasteiger partial charge >= 0.3 is 0 Å². The molecule has 2 N–H and O–H groups in total. The molecule has 100 valence electrons. The molecule has 0 bridgehead atoms. The standard InChI is InChI=1S/C14H21NO3/c1-3-12(10-16)15-14(17)8-7-11-5-4-6-13(9-11)18-2/h4-6,9,12,16H,3,7-8,10H2,1-2H3,(H,15,17). The molecule has 0 aliphatic carbocycles. The van der Waals surface area contributed by atoms with Gasteiger partial charge in [0, 0.05) is 6.42 Å². The first-order valence-electron chi connectivity index (χ1n) is 6.22. The first-order valence-corrected chi connectivity index (χ1v) is 6.22. The van der Waals surface area contributed by atoms with Gasteiger partial charge in [-0.15, -0.1) is 0 Å². The van der Waals surface area contributed by atoms with E-state index >= 15 is 0 Å². The number of benzene rings is 1. The average Bonchev–Trinajstić information content (AvgIpc) is 2.42. The zero-order valence-corrected chi connectivity index (χ0v) is 11.0. The molecule has 4 heteroatoms. The first-order chi connectivity index (χ1) is 8.69. The molecule has 0 heterocycles. The summed E-state index contributed by atoms with van der Waals surface area (Å²) >= 11 is 0. The van der Waals surface area contributed by atoms with Gasteiger partial charge in [-0.2, -0.15) is 0 Å². The fourth-order valence-electron chi connectivity index (χ4n) is 1.66. The number of ether oxygens (including phenoxy) is 1. The highest BCUT2D eigenvalue weighted by Crippen LogP contribution is 2.13. The van der Waals surface area contributed by atoms with Gasteiger partial charge in [-0.25, -0.2) is 0 Å². The summed E-state index contributed by atoms with van der Waals surface area (Å²) in [4.78, 5) is 11.6. The molecule has 1 aromatic carbocycles. The summed E-state index contributed by atoms with van der Waals surface area (Å²) in [7, 11) is 1.62.